The quantitative estimate of drug-likeness (QED) is 0.372. The van der Waals surface area contributed by atoms with Crippen LogP contribution in [0, 0.1) is 11.6 Å². The van der Waals surface area contributed by atoms with E-state index in [1.54, 1.807) is 0 Å². The Kier molecular flexibility index (Phi) is 9.02. The van der Waals surface area contributed by atoms with Crippen molar-refractivity contribution in [2.24, 2.45) is 0 Å². The van der Waals surface area contributed by atoms with Gasteiger partial charge in [0.25, 0.3) is 0 Å². The highest BCUT2D eigenvalue weighted by molar-refractivity contribution is 5.30. The van der Waals surface area contributed by atoms with E-state index in [1.807, 2.05) is 30.3 Å². The highest BCUT2D eigenvalue weighted by Gasteiger charge is 2.27. The number of nitrogens with one attached hydrogen (secondary N) is 1. The first kappa shape index (κ1) is 24.3. The van der Waals surface area contributed by atoms with Crippen molar-refractivity contribution in [1.29, 1.82) is 0 Å². The topological polar surface area (TPSA) is 39.7 Å². The number of ether oxygens (including phenoxy) is 3. The van der Waals surface area contributed by atoms with Gasteiger partial charge < -0.3 is 19.5 Å². The Hall–Kier alpha value is -2.80. The average Bonchev–Trinajstić information content (AvgIpc) is 2.85. The maximum absolute atomic E-state index is 13.5. The zero-order chi connectivity index (χ0) is 23.6. The maximum atomic E-state index is 13.5. The molecule has 1 aliphatic heterocycles. The predicted molar refractivity (Wildman–Crippen MR) is 128 cm³/mol. The van der Waals surface area contributed by atoms with Crippen LogP contribution in [0.5, 0.6) is 5.75 Å². The predicted octanol–water partition coefficient (Wildman–Crippen LogP) is 5.61. The SMILES string of the molecule is Fc1cc(F)cc(COC2CNCCC2c2ccc(OCCCOCc3ccccc3)cc2)c1. The minimum atomic E-state index is -0.588. The van der Waals surface area contributed by atoms with Crippen molar-refractivity contribution in [1.82, 2.24) is 5.32 Å². The van der Waals surface area contributed by atoms with E-state index in [2.05, 4.69) is 29.6 Å². The Morgan fingerprint density at radius 2 is 1.59 bits per heavy atom. The molecule has 0 saturated carbocycles. The third-order valence-electron chi connectivity index (χ3n) is 5.93. The van der Waals surface area contributed by atoms with Crippen LogP contribution in [0.25, 0.3) is 0 Å². The molecule has 34 heavy (non-hydrogen) atoms. The molecule has 0 radical (unpaired) electrons. The summed E-state index contributed by atoms with van der Waals surface area (Å²) in [5.41, 5.74) is 2.84. The summed E-state index contributed by atoms with van der Waals surface area (Å²) in [4.78, 5) is 0. The van der Waals surface area contributed by atoms with Crippen LogP contribution in [-0.4, -0.2) is 32.4 Å². The largest absolute Gasteiger partial charge is 0.494 e. The summed E-state index contributed by atoms with van der Waals surface area (Å²) < 4.78 is 44.6. The molecule has 0 aliphatic carbocycles. The first-order chi connectivity index (χ1) is 16.7. The summed E-state index contributed by atoms with van der Waals surface area (Å²) in [7, 11) is 0. The van der Waals surface area contributed by atoms with Gasteiger partial charge in [0.2, 0.25) is 0 Å². The second-order valence-corrected chi connectivity index (χ2v) is 8.54. The molecule has 0 spiro atoms. The molecule has 2 unspecified atom stereocenters. The number of benzene rings is 3. The van der Waals surface area contributed by atoms with E-state index in [1.165, 1.54) is 23.3 Å². The van der Waals surface area contributed by atoms with Crippen molar-refractivity contribution in [3.63, 3.8) is 0 Å². The third-order valence-corrected chi connectivity index (χ3v) is 5.93. The number of rotatable bonds is 11. The van der Waals surface area contributed by atoms with Gasteiger partial charge in [0.05, 0.1) is 32.5 Å². The van der Waals surface area contributed by atoms with E-state index in [0.29, 0.717) is 31.9 Å². The second-order valence-electron chi connectivity index (χ2n) is 8.54. The van der Waals surface area contributed by atoms with Crippen molar-refractivity contribution < 1.29 is 23.0 Å². The lowest BCUT2D eigenvalue weighted by molar-refractivity contribution is 0.0104. The van der Waals surface area contributed by atoms with Gasteiger partial charge in [0.15, 0.2) is 0 Å². The molecule has 0 bridgehead atoms. The van der Waals surface area contributed by atoms with E-state index >= 15 is 0 Å². The van der Waals surface area contributed by atoms with Crippen molar-refractivity contribution in [3.8, 4) is 5.75 Å². The minimum absolute atomic E-state index is 0.0754. The summed E-state index contributed by atoms with van der Waals surface area (Å²) in [5, 5.41) is 3.35. The lowest BCUT2D eigenvalue weighted by Gasteiger charge is -2.32. The number of halogens is 2. The molecule has 0 aromatic heterocycles. The van der Waals surface area contributed by atoms with Gasteiger partial charge >= 0.3 is 0 Å². The van der Waals surface area contributed by atoms with E-state index in [-0.39, 0.29) is 18.6 Å². The van der Waals surface area contributed by atoms with E-state index in [9.17, 15) is 8.78 Å². The summed E-state index contributed by atoms with van der Waals surface area (Å²) in [6, 6.07) is 21.7. The summed E-state index contributed by atoms with van der Waals surface area (Å²) in [5.74, 6) is -0.140. The number of hydrogen-bond acceptors (Lipinski definition) is 4. The average molecular weight is 468 g/mol. The summed E-state index contributed by atoms with van der Waals surface area (Å²) in [6.45, 7) is 3.63. The second kappa shape index (κ2) is 12.6. The lowest BCUT2D eigenvalue weighted by Crippen LogP contribution is -2.40. The highest BCUT2D eigenvalue weighted by Crippen LogP contribution is 2.30. The van der Waals surface area contributed by atoms with E-state index in [0.717, 1.165) is 31.2 Å². The Morgan fingerprint density at radius 3 is 2.35 bits per heavy atom. The summed E-state index contributed by atoms with van der Waals surface area (Å²) >= 11 is 0. The van der Waals surface area contributed by atoms with Crippen molar-refractivity contribution >= 4 is 0 Å². The van der Waals surface area contributed by atoms with Crippen LogP contribution < -0.4 is 10.1 Å². The molecule has 3 aromatic rings. The van der Waals surface area contributed by atoms with Crippen molar-refractivity contribution in [2.45, 2.75) is 38.1 Å². The third kappa shape index (κ3) is 7.35. The Morgan fingerprint density at radius 1 is 0.824 bits per heavy atom. The molecule has 1 N–H and O–H groups in total. The van der Waals surface area contributed by atoms with Crippen LogP contribution in [-0.2, 0) is 22.7 Å². The van der Waals surface area contributed by atoms with Crippen LogP contribution in [0.1, 0.15) is 35.4 Å². The molecule has 1 saturated heterocycles. The van der Waals surface area contributed by atoms with Crippen LogP contribution in [0.2, 0.25) is 0 Å². The first-order valence-electron chi connectivity index (χ1n) is 11.8. The number of hydrogen-bond donors (Lipinski definition) is 1. The molecule has 3 aromatic carbocycles. The monoisotopic (exact) mass is 467 g/mol. The van der Waals surface area contributed by atoms with Gasteiger partial charge in [-0.3, -0.25) is 0 Å². The molecule has 0 amide bonds. The molecule has 1 aliphatic rings. The fourth-order valence-electron chi connectivity index (χ4n) is 4.21. The zero-order valence-electron chi connectivity index (χ0n) is 19.2. The molecule has 4 nitrogen and oxygen atoms in total. The molecule has 4 rings (SSSR count). The molecule has 1 fully saturated rings. The van der Waals surface area contributed by atoms with Crippen LogP contribution in [0.3, 0.4) is 0 Å². The molecular formula is C28H31F2NO3. The Bertz CT molecular complexity index is 994. The first-order valence-corrected chi connectivity index (χ1v) is 11.8. The smallest absolute Gasteiger partial charge is 0.126 e. The standard InChI is InChI=1S/C28H31F2NO3/c29-24-15-22(16-25(30)17-24)20-34-28-18-31-12-11-27(28)23-7-9-26(10-8-23)33-14-4-13-32-19-21-5-2-1-3-6-21/h1-3,5-10,15-17,27-28,31H,4,11-14,18-20H2. The van der Waals surface area contributed by atoms with Gasteiger partial charge in [-0.1, -0.05) is 42.5 Å². The Balaban J connectivity index is 1.22. The molecule has 180 valence electrons. The highest BCUT2D eigenvalue weighted by atomic mass is 19.1. The van der Waals surface area contributed by atoms with E-state index in [4.69, 9.17) is 14.2 Å². The summed E-state index contributed by atoms with van der Waals surface area (Å²) in [6.07, 6.45) is 1.68. The molecule has 6 heteroatoms. The van der Waals surface area contributed by atoms with Gasteiger partial charge in [-0.05, 0) is 53.9 Å². The fourth-order valence-corrected chi connectivity index (χ4v) is 4.21. The van der Waals surface area contributed by atoms with Gasteiger partial charge in [0.1, 0.15) is 17.4 Å². The van der Waals surface area contributed by atoms with Gasteiger partial charge in [-0.15, -0.1) is 0 Å². The van der Waals surface area contributed by atoms with Gasteiger partial charge in [-0.2, -0.15) is 0 Å². The van der Waals surface area contributed by atoms with Gasteiger partial charge in [-0.25, -0.2) is 8.78 Å². The van der Waals surface area contributed by atoms with Crippen molar-refractivity contribution in [3.05, 3.63) is 101 Å². The van der Waals surface area contributed by atoms with Crippen LogP contribution in [0.15, 0.2) is 72.8 Å². The molecule has 2 atom stereocenters. The Labute approximate surface area is 199 Å². The molecular weight excluding hydrogens is 436 g/mol. The molecule has 1 heterocycles. The van der Waals surface area contributed by atoms with E-state index < -0.39 is 11.6 Å². The van der Waals surface area contributed by atoms with Crippen LogP contribution >= 0.6 is 0 Å². The maximum Gasteiger partial charge on any atom is 0.126 e. The van der Waals surface area contributed by atoms with Gasteiger partial charge in [0, 0.05) is 24.9 Å². The fraction of sp³-hybridized carbons (Fsp3) is 0.357. The van der Waals surface area contributed by atoms with Crippen molar-refractivity contribution in [2.75, 3.05) is 26.3 Å². The lowest BCUT2D eigenvalue weighted by atomic mass is 9.87. The minimum Gasteiger partial charge on any atom is -0.494 e. The number of piperidine rings is 1. The zero-order valence-corrected chi connectivity index (χ0v) is 19.2. The van der Waals surface area contributed by atoms with Crippen LogP contribution in [0.4, 0.5) is 8.78 Å². The normalized spacial score (nSPS) is 18.1.